The number of carbonyl (C=O) groups is 1. The zero-order valence-electron chi connectivity index (χ0n) is 15.7. The fraction of sp³-hybridized carbons (Fsp3) is 0.526. The molecular formula is C19H25N7O. The number of carbonyl (C=O) groups excluding carboxylic acids is 1. The molecule has 3 atom stereocenters. The average molecular weight is 367 g/mol. The third-order valence-corrected chi connectivity index (χ3v) is 5.60. The number of para-hydroxylation sites is 2. The molecule has 0 spiro atoms. The molecule has 1 fully saturated rings. The maximum Gasteiger partial charge on any atom is 0.248 e. The van der Waals surface area contributed by atoms with Crippen LogP contribution in [0.3, 0.4) is 0 Å². The number of H-pyrrole nitrogens is 1. The summed E-state index contributed by atoms with van der Waals surface area (Å²) in [5.74, 6) is 1.07. The van der Waals surface area contributed by atoms with E-state index in [-0.39, 0.29) is 17.9 Å². The van der Waals surface area contributed by atoms with Gasteiger partial charge >= 0.3 is 0 Å². The van der Waals surface area contributed by atoms with Gasteiger partial charge in [-0.05, 0) is 47.7 Å². The fourth-order valence-corrected chi connectivity index (χ4v) is 3.92. The number of nitrogens with zero attached hydrogens (tertiary/aromatic N) is 6. The van der Waals surface area contributed by atoms with E-state index in [0.717, 1.165) is 49.1 Å². The topological polar surface area (TPSA) is 92.6 Å². The Labute approximate surface area is 158 Å². The minimum Gasteiger partial charge on any atom is -0.340 e. The molecule has 1 N–H and O–H groups in total. The Morgan fingerprint density at radius 3 is 2.93 bits per heavy atom. The van der Waals surface area contributed by atoms with Gasteiger partial charge in [0, 0.05) is 6.54 Å². The van der Waals surface area contributed by atoms with E-state index in [2.05, 4.69) is 34.4 Å². The molecule has 142 valence electrons. The summed E-state index contributed by atoms with van der Waals surface area (Å²) in [6.45, 7) is 4.89. The summed E-state index contributed by atoms with van der Waals surface area (Å²) in [7, 11) is 0. The normalized spacial score (nSPS) is 19.9. The number of amides is 1. The first-order valence-electron chi connectivity index (χ1n) is 9.66. The van der Waals surface area contributed by atoms with Gasteiger partial charge < -0.3 is 9.88 Å². The smallest absolute Gasteiger partial charge is 0.248 e. The third-order valence-electron chi connectivity index (χ3n) is 5.60. The summed E-state index contributed by atoms with van der Waals surface area (Å²) in [5, 5.41) is 11.5. The number of benzene rings is 1. The van der Waals surface area contributed by atoms with Gasteiger partial charge in [0.25, 0.3) is 0 Å². The lowest BCUT2D eigenvalue weighted by atomic mass is 9.94. The van der Waals surface area contributed by atoms with Crippen LogP contribution in [0.4, 0.5) is 0 Å². The van der Waals surface area contributed by atoms with Crippen LogP contribution in [0.2, 0.25) is 0 Å². The standard InChI is InChI=1S/C19H25N7O/c1-3-13(2)17(26-12-20-23-24-26)19(27)25-11-7-6-10-16(25)18-21-14-8-4-5-9-15(14)22-18/h4-5,8-9,12-13,16-17H,3,6-7,10-11H2,1-2H3,(H,21,22)/t13-,16+,17-/m0/s1. The maximum atomic E-state index is 13.6. The highest BCUT2D eigenvalue weighted by molar-refractivity contribution is 5.81. The largest absolute Gasteiger partial charge is 0.340 e. The number of aromatic nitrogens is 6. The van der Waals surface area contributed by atoms with Crippen LogP contribution in [0.1, 0.15) is 57.4 Å². The summed E-state index contributed by atoms with van der Waals surface area (Å²) in [6.07, 6.45) is 5.42. The van der Waals surface area contributed by atoms with E-state index in [9.17, 15) is 4.79 Å². The van der Waals surface area contributed by atoms with E-state index in [0.29, 0.717) is 0 Å². The van der Waals surface area contributed by atoms with Crippen LogP contribution in [0.15, 0.2) is 30.6 Å². The summed E-state index contributed by atoms with van der Waals surface area (Å²) < 4.78 is 1.60. The van der Waals surface area contributed by atoms with Gasteiger partial charge in [0.15, 0.2) is 0 Å². The lowest BCUT2D eigenvalue weighted by Gasteiger charge is -2.37. The van der Waals surface area contributed by atoms with Gasteiger partial charge in [-0.1, -0.05) is 32.4 Å². The second-order valence-corrected chi connectivity index (χ2v) is 7.30. The average Bonchev–Trinajstić information content (AvgIpc) is 3.37. The van der Waals surface area contributed by atoms with E-state index in [1.54, 1.807) is 4.68 Å². The number of imidazole rings is 1. The van der Waals surface area contributed by atoms with Gasteiger partial charge in [0.05, 0.1) is 17.1 Å². The molecule has 0 radical (unpaired) electrons. The van der Waals surface area contributed by atoms with Crippen molar-refractivity contribution < 1.29 is 4.79 Å². The number of fused-ring (bicyclic) bond motifs is 1. The van der Waals surface area contributed by atoms with E-state index in [4.69, 9.17) is 4.98 Å². The molecule has 1 aromatic carbocycles. The first kappa shape index (κ1) is 17.6. The number of hydrogen-bond acceptors (Lipinski definition) is 5. The molecule has 1 amide bonds. The Kier molecular flexibility index (Phi) is 4.87. The Bertz CT molecular complexity index is 871. The van der Waals surface area contributed by atoms with Crippen LogP contribution in [0.25, 0.3) is 11.0 Å². The molecule has 3 aromatic rings. The number of nitrogens with one attached hydrogen (secondary N) is 1. The lowest BCUT2D eigenvalue weighted by molar-refractivity contribution is -0.141. The van der Waals surface area contributed by atoms with Crippen molar-refractivity contribution in [2.45, 2.75) is 51.6 Å². The molecule has 8 heteroatoms. The predicted molar refractivity (Wildman–Crippen MR) is 101 cm³/mol. The monoisotopic (exact) mass is 367 g/mol. The van der Waals surface area contributed by atoms with Gasteiger partial charge in [-0.15, -0.1) is 5.10 Å². The second-order valence-electron chi connectivity index (χ2n) is 7.30. The quantitative estimate of drug-likeness (QED) is 0.748. The molecule has 0 unspecified atom stereocenters. The summed E-state index contributed by atoms with van der Waals surface area (Å²) >= 11 is 0. The maximum absolute atomic E-state index is 13.6. The zero-order chi connectivity index (χ0) is 18.8. The minimum absolute atomic E-state index is 0.0401. The van der Waals surface area contributed by atoms with Gasteiger partial charge in [-0.25, -0.2) is 9.67 Å². The predicted octanol–water partition coefficient (Wildman–Crippen LogP) is 2.89. The number of hydrogen-bond donors (Lipinski definition) is 1. The van der Waals surface area contributed by atoms with Gasteiger partial charge in [-0.3, -0.25) is 4.79 Å². The third kappa shape index (κ3) is 3.31. The molecule has 1 aliphatic heterocycles. The molecule has 4 rings (SSSR count). The number of rotatable bonds is 5. The van der Waals surface area contributed by atoms with Crippen molar-refractivity contribution in [1.29, 1.82) is 0 Å². The fourth-order valence-electron chi connectivity index (χ4n) is 3.92. The van der Waals surface area contributed by atoms with Crippen LogP contribution < -0.4 is 0 Å². The molecule has 8 nitrogen and oxygen atoms in total. The number of likely N-dealkylation sites (tertiary alicyclic amines) is 1. The molecule has 1 aliphatic rings. The van der Waals surface area contributed by atoms with Crippen molar-refractivity contribution in [1.82, 2.24) is 35.1 Å². The molecule has 0 aliphatic carbocycles. The van der Waals surface area contributed by atoms with Crippen LogP contribution in [0, 0.1) is 5.92 Å². The lowest BCUT2D eigenvalue weighted by Crippen LogP contribution is -2.44. The van der Waals surface area contributed by atoms with Crippen molar-refractivity contribution in [3.63, 3.8) is 0 Å². The summed E-state index contributed by atoms with van der Waals surface area (Å²) in [6, 6.07) is 7.55. The van der Waals surface area contributed by atoms with E-state index in [1.165, 1.54) is 6.33 Å². The number of tetrazole rings is 1. The van der Waals surface area contributed by atoms with Crippen molar-refractivity contribution >= 4 is 16.9 Å². The molecule has 3 heterocycles. The van der Waals surface area contributed by atoms with Crippen LogP contribution in [-0.4, -0.2) is 47.5 Å². The minimum atomic E-state index is -0.394. The van der Waals surface area contributed by atoms with Crippen molar-refractivity contribution in [3.8, 4) is 0 Å². The van der Waals surface area contributed by atoms with Crippen LogP contribution in [-0.2, 0) is 4.79 Å². The van der Waals surface area contributed by atoms with Crippen LogP contribution >= 0.6 is 0 Å². The highest BCUT2D eigenvalue weighted by Crippen LogP contribution is 2.34. The molecule has 27 heavy (non-hydrogen) atoms. The Balaban J connectivity index is 1.67. The summed E-state index contributed by atoms with van der Waals surface area (Å²) in [5.41, 5.74) is 1.94. The highest BCUT2D eigenvalue weighted by atomic mass is 16.2. The van der Waals surface area contributed by atoms with E-state index < -0.39 is 6.04 Å². The molecular weight excluding hydrogens is 342 g/mol. The molecule has 2 aromatic heterocycles. The second kappa shape index (κ2) is 7.46. The number of piperidine rings is 1. The van der Waals surface area contributed by atoms with Crippen molar-refractivity contribution in [3.05, 3.63) is 36.4 Å². The summed E-state index contributed by atoms with van der Waals surface area (Å²) in [4.78, 5) is 23.7. The Morgan fingerprint density at radius 2 is 2.19 bits per heavy atom. The van der Waals surface area contributed by atoms with Crippen molar-refractivity contribution in [2.24, 2.45) is 5.92 Å². The van der Waals surface area contributed by atoms with Crippen molar-refractivity contribution in [2.75, 3.05) is 6.54 Å². The molecule has 0 bridgehead atoms. The molecule has 0 saturated carbocycles. The van der Waals surface area contributed by atoms with Gasteiger partial charge in [0.2, 0.25) is 5.91 Å². The van der Waals surface area contributed by atoms with Gasteiger partial charge in [-0.2, -0.15) is 0 Å². The first-order chi connectivity index (χ1) is 13.2. The van der Waals surface area contributed by atoms with Crippen LogP contribution in [0.5, 0.6) is 0 Å². The Morgan fingerprint density at radius 1 is 1.33 bits per heavy atom. The van der Waals surface area contributed by atoms with E-state index in [1.807, 2.05) is 29.2 Å². The van der Waals surface area contributed by atoms with Gasteiger partial charge in [0.1, 0.15) is 18.2 Å². The SMILES string of the molecule is CC[C@H](C)[C@@H](C(=O)N1CCCC[C@@H]1c1nc2ccccc2[nH]1)n1cnnn1. The highest BCUT2D eigenvalue weighted by Gasteiger charge is 2.37. The van der Waals surface area contributed by atoms with E-state index >= 15 is 0 Å². The number of aromatic amines is 1. The first-order valence-corrected chi connectivity index (χ1v) is 9.66. The molecule has 1 saturated heterocycles. The Hall–Kier alpha value is -2.77. The zero-order valence-corrected chi connectivity index (χ0v) is 15.7.